The van der Waals surface area contributed by atoms with Crippen LogP contribution in [0.1, 0.15) is 13.8 Å². The van der Waals surface area contributed by atoms with Crippen LogP contribution in [0.2, 0.25) is 0 Å². The summed E-state index contributed by atoms with van der Waals surface area (Å²) in [6.07, 6.45) is 0. The lowest BCUT2D eigenvalue weighted by molar-refractivity contribution is -0.134. The van der Waals surface area contributed by atoms with Crippen LogP contribution in [-0.4, -0.2) is 46.9 Å². The monoisotopic (exact) mass is 420 g/mol. The van der Waals surface area contributed by atoms with Crippen LogP contribution in [0.15, 0.2) is 51.8 Å². The smallest absolute Gasteiger partial charge is 0.263 e. The van der Waals surface area contributed by atoms with Crippen LogP contribution in [0.4, 0.5) is 0 Å². The molecular formula is C19H20N2O5S2. The number of nitrogens with one attached hydrogen (secondary N) is 1. The van der Waals surface area contributed by atoms with E-state index in [1.807, 2.05) is 24.3 Å². The SMILES string of the molecule is CC1(C)SCCN(S(=O)(=O)c2ccc3c(c2)oc2ccccc23)[C@H]1C(=O)NO. The highest BCUT2D eigenvalue weighted by molar-refractivity contribution is 8.00. The third kappa shape index (κ3) is 2.98. The van der Waals surface area contributed by atoms with Crippen LogP contribution in [0.5, 0.6) is 0 Å². The van der Waals surface area contributed by atoms with Gasteiger partial charge in [0, 0.05) is 33.9 Å². The van der Waals surface area contributed by atoms with Gasteiger partial charge in [-0.05, 0) is 32.0 Å². The van der Waals surface area contributed by atoms with Gasteiger partial charge in [-0.15, -0.1) is 0 Å². The lowest BCUT2D eigenvalue weighted by Gasteiger charge is -2.43. The van der Waals surface area contributed by atoms with Crippen molar-refractivity contribution in [3.8, 4) is 0 Å². The number of hydrogen-bond acceptors (Lipinski definition) is 6. The standard InChI is InChI=1S/C19H20N2O5S2/c1-19(2)17(18(22)20-23)21(9-10-27-19)28(24,25)12-7-8-14-13-5-3-4-6-15(13)26-16(14)11-12/h3-8,11,17,23H,9-10H2,1-2H3,(H,20,22)/t17-/m0/s1. The summed E-state index contributed by atoms with van der Waals surface area (Å²) in [6, 6.07) is 11.2. The van der Waals surface area contributed by atoms with Crippen molar-refractivity contribution in [1.29, 1.82) is 0 Å². The summed E-state index contributed by atoms with van der Waals surface area (Å²) >= 11 is 1.50. The number of fused-ring (bicyclic) bond motifs is 3. The van der Waals surface area contributed by atoms with Gasteiger partial charge >= 0.3 is 0 Å². The molecule has 2 heterocycles. The molecule has 1 saturated heterocycles. The molecule has 0 unspecified atom stereocenters. The molecule has 148 valence electrons. The molecule has 0 spiro atoms. The Balaban J connectivity index is 1.82. The van der Waals surface area contributed by atoms with E-state index in [1.54, 1.807) is 25.4 Å². The van der Waals surface area contributed by atoms with Crippen molar-refractivity contribution < 1.29 is 22.8 Å². The molecule has 0 saturated carbocycles. The molecular weight excluding hydrogens is 400 g/mol. The first kappa shape index (κ1) is 19.3. The van der Waals surface area contributed by atoms with Crippen molar-refractivity contribution in [2.24, 2.45) is 0 Å². The molecule has 0 bridgehead atoms. The highest BCUT2D eigenvalue weighted by atomic mass is 32.2. The summed E-state index contributed by atoms with van der Waals surface area (Å²) in [7, 11) is -3.98. The van der Waals surface area contributed by atoms with E-state index in [1.165, 1.54) is 28.2 Å². The van der Waals surface area contributed by atoms with Crippen molar-refractivity contribution in [1.82, 2.24) is 9.79 Å². The molecule has 7 nitrogen and oxygen atoms in total. The minimum atomic E-state index is -3.98. The highest BCUT2D eigenvalue weighted by Crippen LogP contribution is 2.39. The second kappa shape index (κ2) is 6.77. The number of furan rings is 1. The minimum absolute atomic E-state index is 0.0532. The van der Waals surface area contributed by atoms with E-state index in [2.05, 4.69) is 0 Å². The average molecular weight is 421 g/mol. The number of rotatable bonds is 3. The maximum atomic E-state index is 13.4. The number of amides is 1. The van der Waals surface area contributed by atoms with Crippen molar-refractivity contribution in [3.05, 3.63) is 42.5 Å². The molecule has 4 rings (SSSR count). The first-order chi connectivity index (χ1) is 13.3. The molecule has 1 atom stereocenters. The normalized spacial score (nSPS) is 20.5. The Hall–Kier alpha value is -2.07. The Bertz CT molecular complexity index is 1170. The Morgan fingerprint density at radius 1 is 1.21 bits per heavy atom. The fourth-order valence-corrected chi connectivity index (χ4v) is 6.85. The van der Waals surface area contributed by atoms with Gasteiger partial charge in [0.2, 0.25) is 10.0 Å². The number of benzene rings is 2. The fraction of sp³-hybridized carbons (Fsp3) is 0.316. The highest BCUT2D eigenvalue weighted by Gasteiger charge is 2.48. The summed E-state index contributed by atoms with van der Waals surface area (Å²) in [5.41, 5.74) is 2.76. The third-order valence-corrected chi connectivity index (χ3v) is 8.26. The molecule has 1 aliphatic heterocycles. The van der Waals surface area contributed by atoms with E-state index in [0.29, 0.717) is 16.9 Å². The van der Waals surface area contributed by atoms with Crippen molar-refractivity contribution >= 4 is 49.6 Å². The number of hydroxylamine groups is 1. The van der Waals surface area contributed by atoms with Gasteiger partial charge in [-0.3, -0.25) is 10.0 Å². The van der Waals surface area contributed by atoms with Crippen LogP contribution in [0.25, 0.3) is 21.9 Å². The summed E-state index contributed by atoms with van der Waals surface area (Å²) < 4.78 is 33.0. The van der Waals surface area contributed by atoms with Gasteiger partial charge in [0.05, 0.1) is 4.90 Å². The van der Waals surface area contributed by atoms with E-state index in [4.69, 9.17) is 9.62 Å². The van der Waals surface area contributed by atoms with Crippen LogP contribution >= 0.6 is 11.8 Å². The molecule has 0 radical (unpaired) electrons. The third-order valence-electron chi connectivity index (χ3n) is 5.05. The van der Waals surface area contributed by atoms with Crippen molar-refractivity contribution in [3.63, 3.8) is 0 Å². The number of para-hydroxylation sites is 1. The first-order valence-corrected chi connectivity index (χ1v) is 11.2. The fourth-order valence-electron chi connectivity index (χ4n) is 3.72. The maximum absolute atomic E-state index is 13.4. The number of sulfonamides is 1. The molecule has 2 N–H and O–H groups in total. The van der Waals surface area contributed by atoms with Gasteiger partial charge in [0.25, 0.3) is 5.91 Å². The van der Waals surface area contributed by atoms with Crippen molar-refractivity contribution in [2.45, 2.75) is 29.5 Å². The van der Waals surface area contributed by atoms with Gasteiger partial charge in [-0.1, -0.05) is 18.2 Å². The predicted molar refractivity (Wildman–Crippen MR) is 108 cm³/mol. The maximum Gasteiger partial charge on any atom is 0.263 e. The predicted octanol–water partition coefficient (Wildman–Crippen LogP) is 2.98. The van der Waals surface area contributed by atoms with Crippen LogP contribution in [-0.2, 0) is 14.8 Å². The largest absolute Gasteiger partial charge is 0.456 e. The molecule has 1 aliphatic rings. The summed E-state index contributed by atoms with van der Waals surface area (Å²) in [6.45, 7) is 3.76. The number of hydrogen-bond donors (Lipinski definition) is 2. The van der Waals surface area contributed by atoms with E-state index < -0.39 is 26.7 Å². The van der Waals surface area contributed by atoms with E-state index in [0.717, 1.165) is 10.8 Å². The zero-order valence-electron chi connectivity index (χ0n) is 15.4. The zero-order chi connectivity index (χ0) is 20.1. The molecule has 28 heavy (non-hydrogen) atoms. The molecule has 1 aromatic heterocycles. The van der Waals surface area contributed by atoms with Crippen LogP contribution in [0, 0.1) is 0 Å². The van der Waals surface area contributed by atoms with Gasteiger partial charge in [0.15, 0.2) is 0 Å². The Labute approximate surface area is 166 Å². The minimum Gasteiger partial charge on any atom is -0.456 e. The molecule has 0 aliphatic carbocycles. The van der Waals surface area contributed by atoms with Gasteiger partial charge in [-0.2, -0.15) is 16.1 Å². The number of thioether (sulfide) groups is 1. The molecule has 1 fully saturated rings. The first-order valence-electron chi connectivity index (χ1n) is 8.77. The Kier molecular flexibility index (Phi) is 4.65. The van der Waals surface area contributed by atoms with E-state index in [9.17, 15) is 13.2 Å². The van der Waals surface area contributed by atoms with Crippen LogP contribution < -0.4 is 5.48 Å². The lowest BCUT2D eigenvalue weighted by Crippen LogP contribution is -2.61. The average Bonchev–Trinajstić information content (AvgIpc) is 3.04. The van der Waals surface area contributed by atoms with Gasteiger partial charge < -0.3 is 4.42 Å². The second-order valence-electron chi connectivity index (χ2n) is 7.20. The van der Waals surface area contributed by atoms with E-state index in [-0.39, 0.29) is 11.4 Å². The number of carbonyl (C=O) groups is 1. The van der Waals surface area contributed by atoms with E-state index >= 15 is 0 Å². The summed E-state index contributed by atoms with van der Waals surface area (Å²) in [5.74, 6) is -0.195. The van der Waals surface area contributed by atoms with Gasteiger partial charge in [-0.25, -0.2) is 13.9 Å². The summed E-state index contributed by atoms with van der Waals surface area (Å²) in [4.78, 5) is 12.4. The second-order valence-corrected chi connectivity index (χ2v) is 10.8. The lowest BCUT2D eigenvalue weighted by atomic mass is 10.0. The zero-order valence-corrected chi connectivity index (χ0v) is 17.0. The Morgan fingerprint density at radius 3 is 2.68 bits per heavy atom. The number of carbonyl (C=O) groups excluding carboxylic acids is 1. The topological polar surface area (TPSA) is 99.9 Å². The quantitative estimate of drug-likeness (QED) is 0.499. The van der Waals surface area contributed by atoms with Crippen molar-refractivity contribution in [2.75, 3.05) is 12.3 Å². The molecule has 2 aromatic carbocycles. The van der Waals surface area contributed by atoms with Crippen LogP contribution in [0.3, 0.4) is 0 Å². The molecule has 9 heteroatoms. The van der Waals surface area contributed by atoms with Gasteiger partial charge in [0.1, 0.15) is 17.2 Å². The number of nitrogens with zero attached hydrogens (tertiary/aromatic N) is 1. The summed E-state index contributed by atoms with van der Waals surface area (Å²) in [5, 5.41) is 10.9. The Morgan fingerprint density at radius 2 is 1.93 bits per heavy atom. The molecule has 3 aromatic rings. The molecule has 1 amide bonds.